The largest absolute Gasteiger partial charge is 0.455 e. The first-order valence-electron chi connectivity index (χ1n) is 9.38. The van der Waals surface area contributed by atoms with E-state index in [4.69, 9.17) is 14.0 Å². The molecule has 0 radical (unpaired) electrons. The molecule has 1 fully saturated rings. The highest BCUT2D eigenvalue weighted by Gasteiger charge is 2.64. The van der Waals surface area contributed by atoms with Gasteiger partial charge in [0, 0.05) is 13.0 Å². The Bertz CT molecular complexity index is 684. The van der Waals surface area contributed by atoms with Crippen molar-refractivity contribution in [3.8, 4) is 0 Å². The van der Waals surface area contributed by atoms with Gasteiger partial charge in [0.15, 0.2) is 0 Å². The van der Waals surface area contributed by atoms with Crippen LogP contribution in [0.15, 0.2) is 12.2 Å². The second-order valence-electron chi connectivity index (χ2n) is 7.63. The Labute approximate surface area is 168 Å². The second-order valence-corrected chi connectivity index (χ2v) is 9.09. The number of carbonyl (C=O) groups excluding carboxylic acids is 1. The highest BCUT2D eigenvalue weighted by atomic mass is 32.2. The molecule has 0 aromatic rings. The number of halogens is 4. The van der Waals surface area contributed by atoms with E-state index >= 15 is 0 Å². The van der Waals surface area contributed by atoms with E-state index in [-0.39, 0.29) is 18.1 Å². The van der Waals surface area contributed by atoms with Crippen molar-refractivity contribution in [3.63, 3.8) is 0 Å². The van der Waals surface area contributed by atoms with E-state index < -0.39 is 52.3 Å². The van der Waals surface area contributed by atoms with Crippen molar-refractivity contribution in [2.45, 2.75) is 75.6 Å². The molecule has 0 amide bonds. The molecule has 0 bridgehead atoms. The molecule has 0 atom stereocenters. The number of ether oxygens (including phenoxy) is 2. The van der Waals surface area contributed by atoms with Gasteiger partial charge >= 0.3 is 27.3 Å². The van der Waals surface area contributed by atoms with Gasteiger partial charge < -0.3 is 9.47 Å². The van der Waals surface area contributed by atoms with Gasteiger partial charge in [0.05, 0.1) is 12.2 Å². The normalized spacial score (nSPS) is 17.9. The first-order valence-corrected chi connectivity index (χ1v) is 10.8. The maximum Gasteiger partial charge on any atom is 0.431 e. The van der Waals surface area contributed by atoms with Gasteiger partial charge in [-0.2, -0.15) is 26.0 Å². The van der Waals surface area contributed by atoms with Gasteiger partial charge in [-0.15, -0.1) is 0 Å². The van der Waals surface area contributed by atoms with E-state index in [1.165, 1.54) is 0 Å². The molecule has 1 aliphatic carbocycles. The van der Waals surface area contributed by atoms with Gasteiger partial charge in [-0.3, -0.25) is 4.55 Å². The molecule has 0 saturated heterocycles. The van der Waals surface area contributed by atoms with E-state index in [2.05, 4.69) is 6.58 Å². The lowest BCUT2D eigenvalue weighted by Gasteiger charge is -2.40. The summed E-state index contributed by atoms with van der Waals surface area (Å²) in [6, 6.07) is 0. The number of alkyl halides is 4. The SMILES string of the molecule is C=C(COCCCC(F)(F)C(F)(F)S(=O)(=O)O)C(=O)OC1(C(C)C)CCCCC1. The Kier molecular flexibility index (Phi) is 8.68. The van der Waals surface area contributed by atoms with Crippen LogP contribution in [0.4, 0.5) is 17.6 Å². The van der Waals surface area contributed by atoms with Crippen LogP contribution < -0.4 is 0 Å². The summed E-state index contributed by atoms with van der Waals surface area (Å²) in [7, 11) is -6.25. The monoisotopic (exact) mass is 448 g/mol. The maximum atomic E-state index is 13.4. The Morgan fingerprint density at radius 3 is 2.21 bits per heavy atom. The number of hydrogen-bond donors (Lipinski definition) is 1. The molecular formula is C18H28F4O6S. The lowest BCUT2D eigenvalue weighted by molar-refractivity contribution is -0.167. The zero-order chi connectivity index (χ0) is 22.5. The molecule has 170 valence electrons. The van der Waals surface area contributed by atoms with E-state index in [1.807, 2.05) is 13.8 Å². The molecule has 0 heterocycles. The lowest BCUT2D eigenvalue weighted by Crippen LogP contribution is -2.46. The quantitative estimate of drug-likeness (QED) is 0.166. The third-order valence-electron chi connectivity index (χ3n) is 5.14. The fraction of sp³-hybridized carbons (Fsp3) is 0.833. The molecule has 11 heteroatoms. The highest BCUT2D eigenvalue weighted by Crippen LogP contribution is 2.41. The van der Waals surface area contributed by atoms with Gasteiger partial charge in [0.2, 0.25) is 0 Å². The van der Waals surface area contributed by atoms with Crippen LogP contribution in [0.1, 0.15) is 58.8 Å². The molecule has 1 saturated carbocycles. The van der Waals surface area contributed by atoms with Crippen LogP contribution in [0.25, 0.3) is 0 Å². The minimum atomic E-state index is -6.25. The van der Waals surface area contributed by atoms with Crippen molar-refractivity contribution < 1.29 is 44.8 Å². The highest BCUT2D eigenvalue weighted by molar-refractivity contribution is 7.87. The fourth-order valence-electron chi connectivity index (χ4n) is 3.19. The molecule has 1 aliphatic rings. The Morgan fingerprint density at radius 1 is 1.17 bits per heavy atom. The van der Waals surface area contributed by atoms with Crippen molar-refractivity contribution in [3.05, 3.63) is 12.2 Å². The summed E-state index contributed by atoms with van der Waals surface area (Å²) in [5.41, 5.74) is -0.618. The molecule has 6 nitrogen and oxygen atoms in total. The summed E-state index contributed by atoms with van der Waals surface area (Å²) in [4.78, 5) is 12.3. The summed E-state index contributed by atoms with van der Waals surface area (Å²) in [5.74, 6) is -5.53. The lowest BCUT2D eigenvalue weighted by atomic mass is 9.77. The van der Waals surface area contributed by atoms with Crippen LogP contribution in [0.5, 0.6) is 0 Å². The topological polar surface area (TPSA) is 89.9 Å². The van der Waals surface area contributed by atoms with E-state index in [0.717, 1.165) is 32.1 Å². The van der Waals surface area contributed by atoms with Gasteiger partial charge in [-0.05, 0) is 38.0 Å². The Morgan fingerprint density at radius 2 is 1.72 bits per heavy atom. The average molecular weight is 448 g/mol. The van der Waals surface area contributed by atoms with Crippen molar-refractivity contribution >= 4 is 16.1 Å². The van der Waals surface area contributed by atoms with Gasteiger partial charge in [-0.1, -0.05) is 26.8 Å². The smallest absolute Gasteiger partial charge is 0.431 e. The Balaban J connectivity index is 2.46. The summed E-state index contributed by atoms with van der Waals surface area (Å²) in [6.07, 6.45) is 2.26. The van der Waals surface area contributed by atoms with E-state index in [1.54, 1.807) is 0 Å². The summed E-state index contributed by atoms with van der Waals surface area (Å²) >= 11 is 0. The van der Waals surface area contributed by atoms with Crippen molar-refractivity contribution in [2.24, 2.45) is 5.92 Å². The number of esters is 1. The zero-order valence-electron chi connectivity index (χ0n) is 16.6. The van der Waals surface area contributed by atoms with Crippen LogP contribution in [0.2, 0.25) is 0 Å². The molecule has 0 spiro atoms. The molecular weight excluding hydrogens is 420 g/mol. The molecule has 0 unspecified atom stereocenters. The van der Waals surface area contributed by atoms with Crippen molar-refractivity contribution in [1.82, 2.24) is 0 Å². The van der Waals surface area contributed by atoms with Crippen molar-refractivity contribution in [2.75, 3.05) is 13.2 Å². The number of carbonyl (C=O) groups is 1. The fourth-order valence-corrected chi connectivity index (χ4v) is 3.67. The minimum absolute atomic E-state index is 0.0365. The first kappa shape index (κ1) is 25.8. The second kappa shape index (κ2) is 9.74. The third-order valence-corrected chi connectivity index (χ3v) is 6.09. The molecule has 1 N–H and O–H groups in total. The van der Waals surface area contributed by atoms with Crippen LogP contribution >= 0.6 is 0 Å². The van der Waals surface area contributed by atoms with Crippen LogP contribution in [0, 0.1) is 5.92 Å². The van der Waals surface area contributed by atoms with Gasteiger partial charge in [-0.25, -0.2) is 4.79 Å². The van der Waals surface area contributed by atoms with E-state index in [0.29, 0.717) is 0 Å². The van der Waals surface area contributed by atoms with Gasteiger partial charge in [0.25, 0.3) is 0 Å². The summed E-state index contributed by atoms with van der Waals surface area (Å²) < 4.78 is 92.6. The van der Waals surface area contributed by atoms with Crippen LogP contribution in [0.3, 0.4) is 0 Å². The third kappa shape index (κ3) is 6.39. The predicted molar refractivity (Wildman–Crippen MR) is 97.4 cm³/mol. The minimum Gasteiger partial charge on any atom is -0.455 e. The van der Waals surface area contributed by atoms with Crippen molar-refractivity contribution in [1.29, 1.82) is 0 Å². The molecule has 0 aromatic heterocycles. The van der Waals surface area contributed by atoms with E-state index in [9.17, 15) is 30.8 Å². The number of rotatable bonds is 11. The summed E-state index contributed by atoms with van der Waals surface area (Å²) in [6.45, 7) is 6.68. The standard InChI is InChI=1S/C18H28F4O6S/c1-13(2)16(8-5-4-6-9-16)28-15(23)14(3)12-27-11-7-10-17(19,20)18(21,22)29(24,25)26/h13H,3-12H2,1-2H3,(H,24,25,26). The number of hydrogen-bond acceptors (Lipinski definition) is 5. The zero-order valence-corrected chi connectivity index (χ0v) is 17.4. The average Bonchev–Trinajstić information content (AvgIpc) is 2.60. The predicted octanol–water partition coefficient (Wildman–Crippen LogP) is 4.36. The Hall–Kier alpha value is -1.20. The molecule has 1 rings (SSSR count). The van der Waals surface area contributed by atoms with Gasteiger partial charge in [0.1, 0.15) is 5.60 Å². The summed E-state index contributed by atoms with van der Waals surface area (Å²) in [5, 5.41) is -5.60. The maximum absolute atomic E-state index is 13.4. The molecule has 29 heavy (non-hydrogen) atoms. The first-order chi connectivity index (χ1) is 13.2. The molecule has 0 aliphatic heterocycles. The van der Waals surface area contributed by atoms with Crippen LogP contribution in [-0.2, 0) is 24.4 Å². The van der Waals surface area contributed by atoms with Crippen LogP contribution in [-0.4, -0.2) is 48.9 Å². The molecule has 0 aromatic carbocycles.